The highest BCUT2D eigenvalue weighted by Crippen LogP contribution is 2.14. The zero-order valence-corrected chi connectivity index (χ0v) is 9.51. The van der Waals surface area contributed by atoms with Crippen molar-refractivity contribution in [3.63, 3.8) is 0 Å². The van der Waals surface area contributed by atoms with Gasteiger partial charge in [-0.15, -0.1) is 0 Å². The number of hydrogen-bond acceptors (Lipinski definition) is 0. The first-order valence-electron chi connectivity index (χ1n) is 5.23. The number of rotatable bonds is 5. The lowest BCUT2D eigenvalue weighted by Gasteiger charge is -2.07. The Bertz CT molecular complexity index is 172. The second kappa shape index (κ2) is 6.94. The fourth-order valence-corrected chi connectivity index (χ4v) is 1.50. The minimum atomic E-state index is 0.433. The molecule has 0 rings (SSSR count). The van der Waals surface area contributed by atoms with Crippen molar-refractivity contribution in [2.45, 2.75) is 40.5 Å². The Hall–Kier alpha value is -0.520. The van der Waals surface area contributed by atoms with Gasteiger partial charge in [0.2, 0.25) is 0 Å². The average Bonchev–Trinajstić information content (AvgIpc) is 1.98. The van der Waals surface area contributed by atoms with Crippen LogP contribution in [0.3, 0.4) is 0 Å². The third kappa shape index (κ3) is 7.83. The van der Waals surface area contributed by atoms with Gasteiger partial charge in [0, 0.05) is 0 Å². The summed E-state index contributed by atoms with van der Waals surface area (Å²) in [5.74, 6) is 1.09. The van der Waals surface area contributed by atoms with E-state index in [1.807, 2.05) is 0 Å². The number of allylic oxidation sites excluding steroid dienone is 4. The zero-order valence-electron chi connectivity index (χ0n) is 9.51. The predicted octanol–water partition coefficient (Wildman–Crippen LogP) is 4.40. The summed E-state index contributed by atoms with van der Waals surface area (Å²) in [6, 6.07) is 0. The van der Waals surface area contributed by atoms with Crippen LogP contribution in [0.5, 0.6) is 0 Å². The zero-order chi connectivity index (χ0) is 10.3. The lowest BCUT2D eigenvalue weighted by atomic mass is 9.99. The summed E-state index contributed by atoms with van der Waals surface area (Å²) in [6.07, 6.45) is 9.09. The summed E-state index contributed by atoms with van der Waals surface area (Å²) in [7, 11) is 0. The Morgan fingerprint density at radius 3 is 2.46 bits per heavy atom. The van der Waals surface area contributed by atoms with E-state index >= 15 is 0 Å². The third-order valence-electron chi connectivity index (χ3n) is 1.91. The molecule has 0 bridgehead atoms. The van der Waals surface area contributed by atoms with E-state index in [0.717, 1.165) is 12.8 Å². The molecule has 0 spiro atoms. The van der Waals surface area contributed by atoms with Crippen molar-refractivity contribution < 1.29 is 0 Å². The minimum Gasteiger partial charge on any atom is -0.0885 e. The van der Waals surface area contributed by atoms with Crippen molar-refractivity contribution in [2.75, 3.05) is 0 Å². The highest BCUT2D eigenvalue weighted by atomic mass is 14.0. The molecule has 0 aromatic heterocycles. The van der Waals surface area contributed by atoms with Gasteiger partial charge >= 0.3 is 0 Å². The van der Waals surface area contributed by atoms with Crippen LogP contribution in [-0.4, -0.2) is 0 Å². The van der Waals surface area contributed by atoms with Gasteiger partial charge in [-0.3, -0.25) is 0 Å². The summed E-state index contributed by atoms with van der Waals surface area (Å²) < 4.78 is 0. The van der Waals surface area contributed by atoms with E-state index in [-0.39, 0.29) is 0 Å². The normalized spacial score (nSPS) is 15.7. The third-order valence-corrected chi connectivity index (χ3v) is 1.91. The first kappa shape index (κ1) is 12.5. The quantitative estimate of drug-likeness (QED) is 0.549. The molecule has 0 aliphatic rings. The average molecular weight is 179 g/mol. The van der Waals surface area contributed by atoms with Crippen molar-refractivity contribution in [1.82, 2.24) is 0 Å². The molecule has 2 unspecified atom stereocenters. The smallest absolute Gasteiger partial charge is 0.0225 e. The molecule has 13 heavy (non-hydrogen) atoms. The summed E-state index contributed by atoms with van der Waals surface area (Å²) in [6.45, 7) is 12.7. The van der Waals surface area contributed by atoms with Gasteiger partial charge in [0.15, 0.2) is 0 Å². The Morgan fingerprint density at radius 1 is 1.38 bits per heavy atom. The lowest BCUT2D eigenvalue weighted by molar-refractivity contribution is 0.706. The maximum Gasteiger partial charge on any atom is -0.0225 e. The van der Waals surface area contributed by atoms with Crippen molar-refractivity contribution in [3.8, 4) is 0 Å². The van der Waals surface area contributed by atoms with Crippen molar-refractivity contribution in [2.24, 2.45) is 11.8 Å². The molecule has 0 aromatic carbocycles. The van der Waals surface area contributed by atoms with Crippen LogP contribution in [0.15, 0.2) is 23.8 Å². The molecule has 0 aliphatic heterocycles. The molecule has 2 atom stereocenters. The van der Waals surface area contributed by atoms with Gasteiger partial charge in [0.1, 0.15) is 0 Å². The topological polar surface area (TPSA) is 0 Å². The summed E-state index contributed by atoms with van der Waals surface area (Å²) in [5.41, 5.74) is 1.45. The van der Waals surface area contributed by atoms with E-state index in [1.165, 1.54) is 5.57 Å². The molecular weight excluding hydrogens is 156 g/mol. The molecule has 0 saturated heterocycles. The molecule has 0 saturated carbocycles. The van der Waals surface area contributed by atoms with Crippen LogP contribution in [0.25, 0.3) is 0 Å². The maximum absolute atomic E-state index is 3.95. The van der Waals surface area contributed by atoms with E-state index in [0.29, 0.717) is 11.8 Å². The van der Waals surface area contributed by atoms with Crippen LogP contribution in [0, 0.1) is 18.8 Å². The second-order valence-electron chi connectivity index (χ2n) is 4.01. The van der Waals surface area contributed by atoms with E-state index < -0.39 is 0 Å². The molecule has 0 aromatic rings. The summed E-state index contributed by atoms with van der Waals surface area (Å²) in [4.78, 5) is 0. The van der Waals surface area contributed by atoms with Gasteiger partial charge in [-0.05, 0) is 38.5 Å². The molecule has 0 N–H and O–H groups in total. The molecule has 0 aliphatic carbocycles. The predicted molar refractivity (Wildman–Crippen MR) is 61.5 cm³/mol. The Balaban J connectivity index is 3.90. The van der Waals surface area contributed by atoms with Gasteiger partial charge in [0.25, 0.3) is 0 Å². The second-order valence-corrected chi connectivity index (χ2v) is 4.01. The van der Waals surface area contributed by atoms with E-state index in [9.17, 15) is 0 Å². The Kier molecular flexibility index (Phi) is 6.66. The molecule has 1 radical (unpaired) electrons. The van der Waals surface area contributed by atoms with E-state index in [1.54, 1.807) is 0 Å². The summed E-state index contributed by atoms with van der Waals surface area (Å²) >= 11 is 0. The van der Waals surface area contributed by atoms with E-state index in [4.69, 9.17) is 0 Å². The molecule has 0 amide bonds. The monoisotopic (exact) mass is 179 g/mol. The Labute approximate surface area is 83.7 Å². The lowest BCUT2D eigenvalue weighted by Crippen LogP contribution is -1.92. The Morgan fingerprint density at radius 2 is 2.00 bits per heavy atom. The minimum absolute atomic E-state index is 0.433. The fourth-order valence-electron chi connectivity index (χ4n) is 1.50. The fraction of sp³-hybridized carbons (Fsp3) is 0.615. The van der Waals surface area contributed by atoms with Crippen molar-refractivity contribution in [3.05, 3.63) is 30.7 Å². The summed E-state index contributed by atoms with van der Waals surface area (Å²) in [5, 5.41) is 0. The highest BCUT2D eigenvalue weighted by Gasteiger charge is 1.98. The first-order valence-corrected chi connectivity index (χ1v) is 5.23. The van der Waals surface area contributed by atoms with Crippen LogP contribution in [-0.2, 0) is 0 Å². The molecule has 0 fully saturated rings. The van der Waals surface area contributed by atoms with Crippen molar-refractivity contribution in [1.29, 1.82) is 0 Å². The standard InChI is InChI=1S/C13H23/c1-6-7-8-12(4)10-13(5)9-11(2)3/h7-9,11-12H,2,6,10H2,1,3-5H3/b8-7+,13-9+. The van der Waals surface area contributed by atoms with Crippen LogP contribution in [0.1, 0.15) is 40.5 Å². The van der Waals surface area contributed by atoms with E-state index in [2.05, 4.69) is 52.8 Å². The SMILES string of the molecule is [CH2]C(C)/C=C(\C)CC(C)/C=C/CC. The van der Waals surface area contributed by atoms with Gasteiger partial charge in [0.05, 0.1) is 0 Å². The molecular formula is C13H23. The van der Waals surface area contributed by atoms with Gasteiger partial charge in [-0.25, -0.2) is 0 Å². The molecule has 0 nitrogen and oxygen atoms in total. The maximum atomic E-state index is 3.95. The molecule has 0 heterocycles. The van der Waals surface area contributed by atoms with Crippen LogP contribution in [0.4, 0.5) is 0 Å². The molecule has 0 heteroatoms. The number of hydrogen-bond donors (Lipinski definition) is 0. The van der Waals surface area contributed by atoms with Crippen molar-refractivity contribution >= 4 is 0 Å². The van der Waals surface area contributed by atoms with Gasteiger partial charge < -0.3 is 0 Å². The molecule has 75 valence electrons. The van der Waals surface area contributed by atoms with Gasteiger partial charge in [-0.1, -0.05) is 44.6 Å². The van der Waals surface area contributed by atoms with Crippen LogP contribution < -0.4 is 0 Å². The first-order chi connectivity index (χ1) is 6.06. The van der Waals surface area contributed by atoms with Crippen LogP contribution in [0.2, 0.25) is 0 Å². The largest absolute Gasteiger partial charge is 0.0885 e. The highest BCUT2D eigenvalue weighted by molar-refractivity contribution is 5.04. The van der Waals surface area contributed by atoms with Gasteiger partial charge in [-0.2, -0.15) is 0 Å². The van der Waals surface area contributed by atoms with Crippen LogP contribution >= 0.6 is 0 Å².